The van der Waals surface area contributed by atoms with Gasteiger partial charge in [-0.25, -0.2) is 22.5 Å². The molecule has 150 valence electrons. The first-order valence-corrected chi connectivity index (χ1v) is 10.1. The molecule has 9 heteroatoms. The molecule has 0 aliphatic heterocycles. The fourth-order valence-electron chi connectivity index (χ4n) is 2.97. The monoisotopic (exact) mass is 515 g/mol. The third-order valence-corrected chi connectivity index (χ3v) is 5.85. The number of benzene rings is 1. The Hall–Kier alpha value is -1.98. The van der Waals surface area contributed by atoms with Gasteiger partial charge in [0.2, 0.25) is 10.0 Å². The van der Waals surface area contributed by atoms with E-state index >= 15 is 0 Å². The second-order valence-corrected chi connectivity index (χ2v) is 8.32. The van der Waals surface area contributed by atoms with Crippen LogP contribution in [0.1, 0.15) is 16.1 Å². The number of esters is 1. The maximum absolute atomic E-state index is 12.3. The molecule has 0 saturated carbocycles. The Morgan fingerprint density at radius 3 is 2.50 bits per heavy atom. The van der Waals surface area contributed by atoms with E-state index in [1.165, 1.54) is 14.2 Å². The van der Waals surface area contributed by atoms with Crippen LogP contribution in [0.25, 0.3) is 22.0 Å². The van der Waals surface area contributed by atoms with E-state index in [4.69, 9.17) is 4.74 Å². The van der Waals surface area contributed by atoms with Crippen molar-refractivity contribution in [3.63, 3.8) is 0 Å². The van der Waals surface area contributed by atoms with Gasteiger partial charge in [-0.2, -0.15) is 0 Å². The number of aryl methyl sites for hydroxylation is 2. The molecule has 0 spiro atoms. The number of nitrogens with one attached hydrogen (secondary N) is 2. The summed E-state index contributed by atoms with van der Waals surface area (Å²) in [4.78, 5) is 15.4. The molecule has 0 saturated heterocycles. The standard InChI is InChI=1S/C19H21N3O4S.HI/c1-20-27(24,25)11-8-13-4-5-16-15(12-13)17(18(21-16)19(23)26-3)14-6-9-22(2)10-7-14;/h4-7,9-10,12,20H,8,11H2,1-3H3;1H. The predicted molar refractivity (Wildman–Crippen MR) is 103 cm³/mol. The number of hydrogen-bond acceptors (Lipinski definition) is 4. The molecular weight excluding hydrogens is 493 g/mol. The zero-order valence-corrected chi connectivity index (χ0v) is 18.8. The molecule has 0 aliphatic rings. The van der Waals surface area contributed by atoms with Crippen molar-refractivity contribution in [2.24, 2.45) is 7.05 Å². The number of carbonyl (C=O) groups is 1. The average Bonchev–Trinajstić information content (AvgIpc) is 3.05. The zero-order valence-electron chi connectivity index (χ0n) is 15.8. The number of hydrogen-bond donors (Lipinski definition) is 2. The second kappa shape index (κ2) is 9.01. The smallest absolute Gasteiger partial charge is 0.355 e. The molecule has 0 unspecified atom stereocenters. The summed E-state index contributed by atoms with van der Waals surface area (Å²) in [6.07, 6.45) is 4.18. The molecule has 0 aliphatic carbocycles. The van der Waals surface area contributed by atoms with Gasteiger partial charge in [0.05, 0.1) is 12.9 Å². The number of carbonyl (C=O) groups excluding carboxylic acids is 1. The van der Waals surface area contributed by atoms with Crippen molar-refractivity contribution in [3.8, 4) is 11.1 Å². The maximum atomic E-state index is 12.3. The van der Waals surface area contributed by atoms with Crippen LogP contribution in [0, 0.1) is 0 Å². The van der Waals surface area contributed by atoms with Gasteiger partial charge in [0.1, 0.15) is 12.7 Å². The van der Waals surface area contributed by atoms with Crippen LogP contribution in [0.3, 0.4) is 0 Å². The summed E-state index contributed by atoms with van der Waals surface area (Å²) in [5.74, 6) is -0.450. The lowest BCUT2D eigenvalue weighted by atomic mass is 10.0. The Kier molecular flexibility index (Phi) is 7.18. The highest BCUT2D eigenvalue weighted by molar-refractivity contribution is 7.89. The normalized spacial score (nSPS) is 11.2. The van der Waals surface area contributed by atoms with Crippen LogP contribution in [0.4, 0.5) is 0 Å². The van der Waals surface area contributed by atoms with Crippen molar-refractivity contribution in [2.45, 2.75) is 6.42 Å². The van der Waals surface area contributed by atoms with E-state index in [1.54, 1.807) is 0 Å². The number of aromatic nitrogens is 2. The summed E-state index contributed by atoms with van der Waals surface area (Å²) in [7, 11) is 1.38. The van der Waals surface area contributed by atoms with Crippen LogP contribution in [0.15, 0.2) is 42.7 Å². The molecular formula is C19H22IN3O4S. The molecule has 7 nitrogen and oxygen atoms in total. The van der Waals surface area contributed by atoms with Crippen LogP contribution in [-0.2, 0) is 28.2 Å². The van der Waals surface area contributed by atoms with Gasteiger partial charge in [-0.1, -0.05) is 6.07 Å². The second-order valence-electron chi connectivity index (χ2n) is 6.27. The number of fused-ring (bicyclic) bond motifs is 1. The lowest BCUT2D eigenvalue weighted by Crippen LogP contribution is -3.00. The highest BCUT2D eigenvalue weighted by atomic mass is 127. The summed E-state index contributed by atoms with van der Waals surface area (Å²) in [6, 6.07) is 9.49. The van der Waals surface area contributed by atoms with E-state index in [-0.39, 0.29) is 29.7 Å². The average molecular weight is 515 g/mol. The number of ether oxygens (including phenoxy) is 1. The molecule has 0 amide bonds. The molecule has 28 heavy (non-hydrogen) atoms. The fourth-order valence-corrected chi connectivity index (χ4v) is 3.68. The lowest BCUT2D eigenvalue weighted by Gasteiger charge is -2.05. The van der Waals surface area contributed by atoms with Gasteiger partial charge in [-0.3, -0.25) is 0 Å². The van der Waals surface area contributed by atoms with Gasteiger partial charge in [0.25, 0.3) is 0 Å². The third-order valence-electron chi connectivity index (χ3n) is 4.49. The van der Waals surface area contributed by atoms with Crippen molar-refractivity contribution in [3.05, 3.63) is 54.0 Å². The van der Waals surface area contributed by atoms with E-state index in [0.717, 1.165) is 27.6 Å². The van der Waals surface area contributed by atoms with E-state index < -0.39 is 16.0 Å². The fraction of sp³-hybridized carbons (Fsp3) is 0.263. The number of pyridine rings is 1. The number of rotatable bonds is 6. The van der Waals surface area contributed by atoms with Crippen molar-refractivity contribution < 1.29 is 46.5 Å². The van der Waals surface area contributed by atoms with Crippen LogP contribution < -0.4 is 33.3 Å². The predicted octanol–water partition coefficient (Wildman–Crippen LogP) is -1.46. The third kappa shape index (κ3) is 4.70. The topological polar surface area (TPSA) is 92.1 Å². The van der Waals surface area contributed by atoms with Gasteiger partial charge in [0.15, 0.2) is 12.4 Å². The molecule has 3 aromatic rings. The summed E-state index contributed by atoms with van der Waals surface area (Å²) >= 11 is 0. The first-order chi connectivity index (χ1) is 12.8. The Balaban J connectivity index is 0.00000280. The van der Waals surface area contributed by atoms with Crippen LogP contribution in [-0.4, -0.2) is 39.3 Å². The van der Waals surface area contributed by atoms with E-state index in [2.05, 4.69) is 9.71 Å². The molecule has 2 heterocycles. The zero-order chi connectivity index (χ0) is 19.6. The summed E-state index contributed by atoms with van der Waals surface area (Å²) in [5, 5.41) is 0.851. The van der Waals surface area contributed by atoms with Crippen molar-refractivity contribution >= 4 is 26.9 Å². The highest BCUT2D eigenvalue weighted by Gasteiger charge is 2.21. The van der Waals surface area contributed by atoms with Crippen LogP contribution in [0.2, 0.25) is 0 Å². The summed E-state index contributed by atoms with van der Waals surface area (Å²) in [6.45, 7) is 0. The van der Waals surface area contributed by atoms with E-state index in [1.807, 2.05) is 54.3 Å². The number of aromatic amines is 1. The highest BCUT2D eigenvalue weighted by Crippen LogP contribution is 2.33. The summed E-state index contributed by atoms with van der Waals surface area (Å²) in [5.41, 5.74) is 3.66. The molecule has 0 radical (unpaired) electrons. The number of sulfonamides is 1. The number of methoxy groups -OCH3 is 1. The SMILES string of the molecule is CNS(=O)(=O)CCc1ccc2[nH]c(C(=O)OC)c(-c3cc[n+](C)cc3)c2c1.[I-]. The summed E-state index contributed by atoms with van der Waals surface area (Å²) < 4.78 is 32.6. The van der Waals surface area contributed by atoms with Crippen molar-refractivity contribution in [1.29, 1.82) is 0 Å². The largest absolute Gasteiger partial charge is 1.00 e. The minimum absolute atomic E-state index is 0. The molecule has 0 atom stereocenters. The Morgan fingerprint density at radius 2 is 1.89 bits per heavy atom. The Bertz CT molecular complexity index is 1090. The van der Waals surface area contributed by atoms with Gasteiger partial charge in [0, 0.05) is 28.6 Å². The van der Waals surface area contributed by atoms with Gasteiger partial charge in [-0.15, -0.1) is 0 Å². The first-order valence-electron chi connectivity index (χ1n) is 8.44. The molecule has 2 N–H and O–H groups in total. The first kappa shape index (κ1) is 22.3. The maximum Gasteiger partial charge on any atom is 0.355 e. The Labute approximate surface area is 181 Å². The lowest BCUT2D eigenvalue weighted by molar-refractivity contribution is -0.671. The molecule has 0 bridgehead atoms. The molecule has 3 rings (SSSR count). The van der Waals surface area contributed by atoms with Gasteiger partial charge < -0.3 is 33.7 Å². The number of H-pyrrole nitrogens is 1. The molecule has 1 aromatic carbocycles. The van der Waals surface area contributed by atoms with Crippen molar-refractivity contribution in [2.75, 3.05) is 19.9 Å². The molecule has 0 fully saturated rings. The minimum Gasteiger partial charge on any atom is -1.00 e. The number of halogens is 1. The minimum atomic E-state index is -3.28. The van der Waals surface area contributed by atoms with Crippen molar-refractivity contribution in [1.82, 2.24) is 9.71 Å². The van der Waals surface area contributed by atoms with E-state index in [0.29, 0.717) is 12.1 Å². The van der Waals surface area contributed by atoms with E-state index in [9.17, 15) is 13.2 Å². The van der Waals surface area contributed by atoms with Gasteiger partial charge >= 0.3 is 5.97 Å². The number of nitrogens with zero attached hydrogens (tertiary/aromatic N) is 1. The Morgan fingerprint density at radius 1 is 1.21 bits per heavy atom. The molecule has 2 aromatic heterocycles. The van der Waals surface area contributed by atoms with Crippen LogP contribution >= 0.6 is 0 Å². The quantitative estimate of drug-likeness (QED) is 0.239. The van der Waals surface area contributed by atoms with Gasteiger partial charge in [-0.05, 0) is 36.7 Å². The van der Waals surface area contributed by atoms with Crippen LogP contribution in [0.5, 0.6) is 0 Å².